The highest BCUT2D eigenvalue weighted by molar-refractivity contribution is 6.76. The summed E-state index contributed by atoms with van der Waals surface area (Å²) in [5.41, 5.74) is -1.18. The van der Waals surface area contributed by atoms with Gasteiger partial charge in [0.2, 0.25) is 0 Å². The molecule has 4 nitrogen and oxygen atoms in total. The summed E-state index contributed by atoms with van der Waals surface area (Å²) in [6.45, 7) is 0. The van der Waals surface area contributed by atoms with Crippen LogP contribution in [0, 0.1) is 0 Å². The van der Waals surface area contributed by atoms with Crippen molar-refractivity contribution in [3.8, 4) is 11.1 Å². The zero-order valence-corrected chi connectivity index (χ0v) is 14.6. The lowest BCUT2D eigenvalue weighted by atomic mass is 9.90. The molecule has 0 saturated heterocycles. The third-order valence-electron chi connectivity index (χ3n) is 3.21. The minimum atomic E-state index is -1.17. The van der Waals surface area contributed by atoms with Crippen LogP contribution in [0.2, 0.25) is 0 Å². The van der Waals surface area contributed by atoms with Crippen LogP contribution in [0.3, 0.4) is 0 Å². The predicted molar refractivity (Wildman–Crippen MR) is 92.6 cm³/mol. The van der Waals surface area contributed by atoms with Crippen molar-refractivity contribution in [3.63, 3.8) is 0 Å². The molecule has 24 heavy (non-hydrogen) atoms. The highest BCUT2D eigenvalue weighted by atomic mass is 35.5. The molecule has 0 fully saturated rings. The van der Waals surface area contributed by atoms with E-state index in [4.69, 9.17) is 46.4 Å². The lowest BCUT2D eigenvalue weighted by Crippen LogP contribution is -2.14. The smallest absolute Gasteiger partial charge is 0.254 e. The number of rotatable bonds is 5. The van der Waals surface area contributed by atoms with Gasteiger partial charge in [0.25, 0.3) is 21.0 Å². The van der Waals surface area contributed by atoms with Crippen LogP contribution < -0.4 is 0 Å². The molecular formula is C16H6Cl4O4. The molecule has 0 atom stereocenters. The SMILES string of the molecule is O=C(Cl)c1cc(-c2ccccc2)c(C(=O)Cl)c(C(=O)Cl)c1C(=O)Cl. The highest BCUT2D eigenvalue weighted by Gasteiger charge is 2.30. The number of carbonyl (C=O) groups is 4. The number of halogens is 4. The van der Waals surface area contributed by atoms with Crippen LogP contribution in [-0.2, 0) is 0 Å². The van der Waals surface area contributed by atoms with Crippen molar-refractivity contribution in [1.29, 1.82) is 0 Å². The number of benzene rings is 2. The molecule has 0 spiro atoms. The first kappa shape index (κ1) is 18.6. The predicted octanol–water partition coefficient (Wildman–Crippen LogP) is 4.87. The Bertz CT molecular complexity index is 875. The van der Waals surface area contributed by atoms with Gasteiger partial charge in [-0.25, -0.2) is 0 Å². The Morgan fingerprint density at radius 2 is 1.12 bits per heavy atom. The fraction of sp³-hybridized carbons (Fsp3) is 0. The minimum Gasteiger partial charge on any atom is -0.276 e. The molecule has 0 aliphatic rings. The van der Waals surface area contributed by atoms with E-state index in [1.165, 1.54) is 6.07 Å². The van der Waals surface area contributed by atoms with Crippen LogP contribution >= 0.6 is 46.4 Å². The molecule has 2 rings (SSSR count). The van der Waals surface area contributed by atoms with E-state index >= 15 is 0 Å². The van der Waals surface area contributed by atoms with E-state index in [0.29, 0.717) is 5.56 Å². The van der Waals surface area contributed by atoms with Gasteiger partial charge in [-0.05, 0) is 63.6 Å². The Labute approximate surface area is 156 Å². The molecule has 0 bridgehead atoms. The van der Waals surface area contributed by atoms with E-state index in [2.05, 4.69) is 0 Å². The molecule has 2 aromatic carbocycles. The van der Waals surface area contributed by atoms with E-state index in [0.717, 1.165) is 0 Å². The van der Waals surface area contributed by atoms with Gasteiger partial charge in [0.15, 0.2) is 0 Å². The van der Waals surface area contributed by atoms with E-state index in [9.17, 15) is 19.2 Å². The highest BCUT2D eigenvalue weighted by Crippen LogP contribution is 2.35. The number of hydrogen-bond donors (Lipinski definition) is 0. The Morgan fingerprint density at radius 1 is 0.625 bits per heavy atom. The maximum absolute atomic E-state index is 11.9. The van der Waals surface area contributed by atoms with Gasteiger partial charge in [-0.2, -0.15) is 0 Å². The van der Waals surface area contributed by atoms with Crippen molar-refractivity contribution >= 4 is 67.4 Å². The van der Waals surface area contributed by atoms with E-state index < -0.39 is 32.1 Å². The van der Waals surface area contributed by atoms with E-state index in [-0.39, 0.29) is 16.7 Å². The molecule has 0 heterocycles. The molecule has 0 N–H and O–H groups in total. The Balaban J connectivity index is 3.06. The fourth-order valence-electron chi connectivity index (χ4n) is 2.29. The molecule has 0 unspecified atom stereocenters. The molecule has 2 aromatic rings. The molecule has 122 valence electrons. The van der Waals surface area contributed by atoms with Gasteiger partial charge in [-0.3, -0.25) is 19.2 Å². The van der Waals surface area contributed by atoms with E-state index in [1.54, 1.807) is 30.3 Å². The summed E-state index contributed by atoms with van der Waals surface area (Å²) in [4.78, 5) is 47.1. The van der Waals surface area contributed by atoms with Crippen LogP contribution in [0.15, 0.2) is 36.4 Å². The first-order chi connectivity index (χ1) is 11.3. The van der Waals surface area contributed by atoms with Crippen molar-refractivity contribution < 1.29 is 19.2 Å². The van der Waals surface area contributed by atoms with Crippen LogP contribution in [0.1, 0.15) is 41.4 Å². The van der Waals surface area contributed by atoms with Gasteiger partial charge in [0.1, 0.15) is 0 Å². The quantitative estimate of drug-likeness (QED) is 0.667. The largest absolute Gasteiger partial charge is 0.276 e. The van der Waals surface area contributed by atoms with Crippen molar-refractivity contribution in [3.05, 3.63) is 58.7 Å². The fourth-order valence-corrected chi connectivity index (χ4v) is 3.02. The lowest BCUT2D eigenvalue weighted by molar-refractivity contribution is 0.103. The summed E-state index contributed by atoms with van der Waals surface area (Å²) in [5.74, 6) is 0. The summed E-state index contributed by atoms with van der Waals surface area (Å²) in [6, 6.07) is 9.48. The van der Waals surface area contributed by atoms with Crippen molar-refractivity contribution in [1.82, 2.24) is 0 Å². The zero-order chi connectivity index (χ0) is 18.0. The Hall–Kier alpha value is -1.72. The van der Waals surface area contributed by atoms with Gasteiger partial charge in [0, 0.05) is 5.56 Å². The first-order valence-corrected chi connectivity index (χ1v) is 7.82. The van der Waals surface area contributed by atoms with Gasteiger partial charge in [0.05, 0.1) is 16.7 Å². The first-order valence-electron chi connectivity index (χ1n) is 6.31. The molecule has 0 radical (unpaired) electrons. The molecule has 0 aliphatic heterocycles. The van der Waals surface area contributed by atoms with Crippen molar-refractivity contribution in [2.24, 2.45) is 0 Å². The lowest BCUT2D eigenvalue weighted by Gasteiger charge is -2.15. The van der Waals surface area contributed by atoms with Crippen LogP contribution in [-0.4, -0.2) is 21.0 Å². The van der Waals surface area contributed by atoms with Gasteiger partial charge >= 0.3 is 0 Å². The van der Waals surface area contributed by atoms with Gasteiger partial charge in [-0.1, -0.05) is 30.3 Å². The Kier molecular flexibility index (Phi) is 5.78. The van der Waals surface area contributed by atoms with Crippen molar-refractivity contribution in [2.45, 2.75) is 0 Å². The molecular weight excluding hydrogens is 398 g/mol. The van der Waals surface area contributed by atoms with Crippen LogP contribution in [0.4, 0.5) is 0 Å². The monoisotopic (exact) mass is 402 g/mol. The average Bonchev–Trinajstić information content (AvgIpc) is 2.53. The number of carbonyl (C=O) groups excluding carboxylic acids is 4. The third kappa shape index (κ3) is 3.52. The summed E-state index contributed by atoms with van der Waals surface area (Å²) in [7, 11) is 0. The van der Waals surface area contributed by atoms with E-state index in [1.807, 2.05) is 0 Å². The summed E-state index contributed by atoms with van der Waals surface area (Å²) in [6.07, 6.45) is 0. The van der Waals surface area contributed by atoms with Gasteiger partial charge < -0.3 is 0 Å². The topological polar surface area (TPSA) is 68.3 Å². The molecule has 0 saturated carbocycles. The Morgan fingerprint density at radius 3 is 1.54 bits per heavy atom. The average molecular weight is 404 g/mol. The summed E-state index contributed by atoms with van der Waals surface area (Å²) in [5, 5.41) is -4.41. The molecule has 0 amide bonds. The summed E-state index contributed by atoms with van der Waals surface area (Å²) < 4.78 is 0. The molecule has 8 heteroatoms. The second-order valence-electron chi connectivity index (χ2n) is 4.56. The molecule has 0 aromatic heterocycles. The maximum Gasteiger partial charge on any atom is 0.254 e. The van der Waals surface area contributed by atoms with Crippen molar-refractivity contribution in [2.75, 3.05) is 0 Å². The zero-order valence-electron chi connectivity index (χ0n) is 11.6. The van der Waals surface area contributed by atoms with Crippen LogP contribution in [0.5, 0.6) is 0 Å². The third-order valence-corrected chi connectivity index (χ3v) is 3.98. The summed E-state index contributed by atoms with van der Waals surface area (Å²) >= 11 is 22.1. The molecule has 0 aliphatic carbocycles. The maximum atomic E-state index is 11.9. The van der Waals surface area contributed by atoms with Gasteiger partial charge in [-0.15, -0.1) is 0 Å². The minimum absolute atomic E-state index is 0.130. The second kappa shape index (κ2) is 7.45. The second-order valence-corrected chi connectivity index (χ2v) is 5.93. The standard InChI is InChI=1S/C16H6Cl4O4/c17-13(21)9-6-8(7-4-2-1-3-5-7)10(14(18)22)12(16(20)24)11(9)15(19)23/h1-6H. The normalized spacial score (nSPS) is 10.3. The number of hydrogen-bond acceptors (Lipinski definition) is 4. The van der Waals surface area contributed by atoms with Crippen LogP contribution in [0.25, 0.3) is 11.1 Å².